The number of aromatic nitrogens is 2. The van der Waals surface area contributed by atoms with Gasteiger partial charge in [0.15, 0.2) is 9.84 Å². The molecule has 1 N–H and O–H groups in total. The highest BCUT2D eigenvalue weighted by atomic mass is 32.2. The number of halogens is 1. The second kappa shape index (κ2) is 6.84. The van der Waals surface area contributed by atoms with Gasteiger partial charge in [-0.1, -0.05) is 12.1 Å². The fourth-order valence-corrected chi connectivity index (χ4v) is 5.11. The summed E-state index contributed by atoms with van der Waals surface area (Å²) in [7, 11) is -3.86. The molecule has 1 aromatic carbocycles. The zero-order valence-corrected chi connectivity index (χ0v) is 15.7. The minimum absolute atomic E-state index is 0.0398. The van der Waals surface area contributed by atoms with E-state index in [0.717, 1.165) is 17.8 Å². The van der Waals surface area contributed by atoms with Crippen molar-refractivity contribution in [3.63, 3.8) is 0 Å². The first-order valence-corrected chi connectivity index (χ1v) is 10.5. The van der Waals surface area contributed by atoms with Crippen LogP contribution < -0.4 is 5.69 Å². The molecule has 10 heteroatoms. The lowest BCUT2D eigenvalue weighted by Gasteiger charge is -2.39. The van der Waals surface area contributed by atoms with Crippen molar-refractivity contribution in [2.75, 3.05) is 19.3 Å². The Morgan fingerprint density at radius 1 is 1.35 bits per heavy atom. The van der Waals surface area contributed by atoms with Gasteiger partial charge < -0.3 is 9.88 Å². The summed E-state index contributed by atoms with van der Waals surface area (Å²) in [6, 6.07) is 5.18. The number of rotatable bonds is 4. The monoisotopic (exact) mass is 397 g/mol. The van der Waals surface area contributed by atoms with Crippen LogP contribution in [0.5, 0.6) is 0 Å². The topological polar surface area (TPSA) is 100 Å². The van der Waals surface area contributed by atoms with Gasteiger partial charge >= 0.3 is 5.69 Å². The summed E-state index contributed by atoms with van der Waals surface area (Å²) in [5.41, 5.74) is 0.0746. The Kier molecular flexibility index (Phi) is 4.89. The average molecular weight is 397 g/mol. The predicted octanol–water partition coefficient (Wildman–Crippen LogP) is 1.24. The van der Waals surface area contributed by atoms with Gasteiger partial charge in [-0.25, -0.2) is 17.6 Å². The third-order valence-corrected chi connectivity index (χ3v) is 7.01. The van der Waals surface area contributed by atoms with Gasteiger partial charge in [0.1, 0.15) is 21.0 Å². The van der Waals surface area contributed by atoms with E-state index in [0.29, 0.717) is 5.69 Å². The number of sulfone groups is 1. The highest BCUT2D eigenvalue weighted by Crippen LogP contribution is 2.28. The van der Waals surface area contributed by atoms with Gasteiger partial charge in [-0.3, -0.25) is 4.79 Å². The van der Waals surface area contributed by atoms with Crippen LogP contribution in [0.1, 0.15) is 16.1 Å². The van der Waals surface area contributed by atoms with Gasteiger partial charge in [-0.15, -0.1) is 11.8 Å². The van der Waals surface area contributed by atoms with E-state index in [1.54, 1.807) is 13.2 Å². The van der Waals surface area contributed by atoms with Crippen LogP contribution >= 0.6 is 11.8 Å². The molecule has 3 rings (SSSR count). The number of carbonyl (C=O) groups is 1. The first-order valence-electron chi connectivity index (χ1n) is 7.68. The number of hydrogen-bond acceptors (Lipinski definition) is 6. The van der Waals surface area contributed by atoms with E-state index in [1.165, 1.54) is 23.1 Å². The molecule has 1 aliphatic heterocycles. The first-order chi connectivity index (χ1) is 12.3. The normalized spacial score (nSPS) is 15.0. The van der Waals surface area contributed by atoms with Crippen LogP contribution in [0.3, 0.4) is 0 Å². The Labute approximate surface area is 153 Å². The quantitative estimate of drug-likeness (QED) is 0.615. The number of aromatic amines is 1. The number of nitrogens with one attached hydrogen (secondary N) is 1. The van der Waals surface area contributed by atoms with E-state index < -0.39 is 32.5 Å². The number of nitrogens with zero attached hydrogens (tertiary/aromatic N) is 2. The Morgan fingerprint density at radius 2 is 2.00 bits per heavy atom. The second-order valence-electron chi connectivity index (χ2n) is 5.86. The molecule has 1 aliphatic rings. The summed E-state index contributed by atoms with van der Waals surface area (Å²) in [4.78, 5) is 31.4. The number of hydrogen-bond donors (Lipinski definition) is 1. The van der Waals surface area contributed by atoms with Crippen LogP contribution in [-0.4, -0.2) is 53.8 Å². The van der Waals surface area contributed by atoms with Crippen molar-refractivity contribution in [3.8, 4) is 0 Å². The average Bonchev–Trinajstić information content (AvgIpc) is 2.52. The summed E-state index contributed by atoms with van der Waals surface area (Å²) < 4.78 is 38.9. The standard InChI is InChI=1S/C16H16FN3O4S2/c1-9-13(14(25-2)19-16(22)18-9)15(21)20-7-10(8-20)26(23,24)12-6-4-3-5-11(12)17/h3-6,10H,7-8H2,1-2H3,(H,18,19,22). The Morgan fingerprint density at radius 3 is 2.62 bits per heavy atom. The van der Waals surface area contributed by atoms with Crippen molar-refractivity contribution >= 4 is 27.5 Å². The predicted molar refractivity (Wildman–Crippen MR) is 94.7 cm³/mol. The first kappa shape index (κ1) is 18.6. The highest BCUT2D eigenvalue weighted by molar-refractivity contribution is 7.98. The van der Waals surface area contributed by atoms with Crippen LogP contribution in [-0.2, 0) is 9.84 Å². The zero-order valence-electron chi connectivity index (χ0n) is 14.0. The van der Waals surface area contributed by atoms with Gasteiger partial charge in [-0.2, -0.15) is 4.98 Å². The van der Waals surface area contributed by atoms with Crippen LogP contribution in [0.25, 0.3) is 0 Å². The van der Waals surface area contributed by atoms with Gasteiger partial charge in [0, 0.05) is 18.8 Å². The number of H-pyrrole nitrogens is 1. The lowest BCUT2D eigenvalue weighted by molar-refractivity contribution is 0.0652. The number of aryl methyl sites for hydroxylation is 1. The highest BCUT2D eigenvalue weighted by Gasteiger charge is 2.42. The van der Waals surface area contributed by atoms with Crippen molar-refractivity contribution in [2.24, 2.45) is 0 Å². The molecule has 2 aromatic rings. The Hall–Kier alpha value is -2.20. The van der Waals surface area contributed by atoms with Gasteiger partial charge in [0.25, 0.3) is 5.91 Å². The summed E-state index contributed by atoms with van der Waals surface area (Å²) in [5.74, 6) is -1.21. The Bertz CT molecular complexity index is 1030. The molecule has 0 radical (unpaired) electrons. The van der Waals surface area contributed by atoms with Crippen LogP contribution in [0.4, 0.5) is 4.39 Å². The molecule has 0 atom stereocenters. The van der Waals surface area contributed by atoms with Crippen LogP contribution in [0, 0.1) is 12.7 Å². The molecule has 1 fully saturated rings. The Balaban J connectivity index is 1.82. The molecule has 26 heavy (non-hydrogen) atoms. The molecule has 1 amide bonds. The molecule has 0 spiro atoms. The van der Waals surface area contributed by atoms with Crippen molar-refractivity contribution in [1.29, 1.82) is 0 Å². The maximum atomic E-state index is 13.8. The molecule has 0 bridgehead atoms. The summed E-state index contributed by atoms with van der Waals surface area (Å²) in [6.07, 6.45) is 1.69. The number of amides is 1. The minimum Gasteiger partial charge on any atom is -0.336 e. The van der Waals surface area contributed by atoms with Crippen LogP contribution in [0.15, 0.2) is 39.0 Å². The number of thioether (sulfide) groups is 1. The van der Waals surface area contributed by atoms with E-state index in [-0.39, 0.29) is 28.6 Å². The molecular weight excluding hydrogens is 381 g/mol. The molecule has 0 aliphatic carbocycles. The summed E-state index contributed by atoms with van der Waals surface area (Å²) >= 11 is 1.16. The molecule has 0 saturated carbocycles. The van der Waals surface area contributed by atoms with Crippen LogP contribution in [0.2, 0.25) is 0 Å². The van der Waals surface area contributed by atoms with Crippen molar-refractivity contribution in [3.05, 3.63) is 51.8 Å². The van der Waals surface area contributed by atoms with Gasteiger partial charge in [0.05, 0.1) is 5.56 Å². The molecule has 7 nitrogen and oxygen atoms in total. The number of likely N-dealkylation sites (tertiary alicyclic amines) is 1. The third-order valence-electron chi connectivity index (χ3n) is 4.21. The van der Waals surface area contributed by atoms with Crippen molar-refractivity contribution in [1.82, 2.24) is 14.9 Å². The zero-order chi connectivity index (χ0) is 19.1. The maximum Gasteiger partial charge on any atom is 0.346 e. The largest absolute Gasteiger partial charge is 0.346 e. The summed E-state index contributed by atoms with van der Waals surface area (Å²) in [5, 5.41) is -0.575. The number of benzene rings is 1. The molecule has 138 valence electrons. The SMILES string of the molecule is CSc1nc(=O)[nH]c(C)c1C(=O)N1CC(S(=O)(=O)c2ccccc2F)C1. The van der Waals surface area contributed by atoms with Gasteiger partial charge in [-0.05, 0) is 25.3 Å². The molecular formula is C16H16FN3O4S2. The minimum atomic E-state index is -3.86. The van der Waals surface area contributed by atoms with E-state index in [1.807, 2.05) is 0 Å². The van der Waals surface area contributed by atoms with Gasteiger partial charge in [0.2, 0.25) is 0 Å². The molecule has 0 unspecified atom stereocenters. The van der Waals surface area contributed by atoms with E-state index >= 15 is 0 Å². The molecule has 1 aromatic heterocycles. The molecule has 1 saturated heterocycles. The summed E-state index contributed by atoms with van der Waals surface area (Å²) in [6.45, 7) is 1.51. The lowest BCUT2D eigenvalue weighted by atomic mass is 10.1. The third kappa shape index (κ3) is 3.14. The van der Waals surface area contributed by atoms with E-state index in [2.05, 4.69) is 9.97 Å². The van der Waals surface area contributed by atoms with Crippen molar-refractivity contribution < 1.29 is 17.6 Å². The lowest BCUT2D eigenvalue weighted by Crippen LogP contribution is -2.57. The van der Waals surface area contributed by atoms with E-state index in [4.69, 9.17) is 0 Å². The van der Waals surface area contributed by atoms with Crippen molar-refractivity contribution in [2.45, 2.75) is 22.1 Å². The maximum absolute atomic E-state index is 13.8. The smallest absolute Gasteiger partial charge is 0.336 e. The second-order valence-corrected chi connectivity index (χ2v) is 8.85. The molecule has 2 heterocycles. The van der Waals surface area contributed by atoms with E-state index in [9.17, 15) is 22.4 Å². The number of carbonyl (C=O) groups excluding carboxylic acids is 1. The fourth-order valence-electron chi connectivity index (χ4n) is 2.77. The fraction of sp³-hybridized carbons (Fsp3) is 0.312.